The van der Waals surface area contributed by atoms with Gasteiger partial charge >= 0.3 is 0 Å². The van der Waals surface area contributed by atoms with E-state index in [1.165, 1.54) is 0 Å². The Morgan fingerprint density at radius 1 is 0.867 bits per heavy atom. The lowest BCUT2D eigenvalue weighted by atomic mass is 10.1. The molecule has 0 amide bonds. The average Bonchev–Trinajstić information content (AvgIpc) is 2.48. The fraction of sp³-hybridized carbons (Fsp3) is 1.00. The average molecular weight is 221 g/mol. The Bertz CT molecular complexity index is 175. The molecule has 0 aromatic rings. The van der Waals surface area contributed by atoms with Gasteiger partial charge in [0.25, 0.3) is 0 Å². The van der Waals surface area contributed by atoms with Crippen molar-refractivity contribution in [2.24, 2.45) is 0 Å². The van der Waals surface area contributed by atoms with Crippen molar-refractivity contribution in [3.63, 3.8) is 0 Å². The third-order valence-electron chi connectivity index (χ3n) is 2.94. The Kier molecular flexibility index (Phi) is 4.91. The minimum Gasteiger partial charge on any atom is -0.396 e. The summed E-state index contributed by atoms with van der Waals surface area (Å²) in [6, 6.07) is -1.13. The quantitative estimate of drug-likeness (QED) is 0.342. The molecule has 15 heavy (non-hydrogen) atoms. The molecule has 6 heteroatoms. The molecule has 1 rings (SSSR count). The van der Waals surface area contributed by atoms with Gasteiger partial charge in [0, 0.05) is 13.2 Å². The lowest BCUT2D eigenvalue weighted by molar-refractivity contribution is 0.0130. The summed E-state index contributed by atoms with van der Waals surface area (Å²) >= 11 is 0. The van der Waals surface area contributed by atoms with Crippen LogP contribution in [-0.2, 0) is 0 Å². The Balaban J connectivity index is 2.68. The molecule has 5 N–H and O–H groups in total. The molecular formula is C9H19NO5. The van der Waals surface area contributed by atoms with Gasteiger partial charge in [-0.1, -0.05) is 0 Å². The first kappa shape index (κ1) is 12.8. The van der Waals surface area contributed by atoms with Gasteiger partial charge in [-0.25, -0.2) is 0 Å². The van der Waals surface area contributed by atoms with Crippen LogP contribution in [-0.4, -0.2) is 81.1 Å². The molecular weight excluding hydrogens is 202 g/mol. The zero-order chi connectivity index (χ0) is 11.4. The third-order valence-corrected chi connectivity index (χ3v) is 2.94. The first-order chi connectivity index (χ1) is 7.17. The van der Waals surface area contributed by atoms with Crippen LogP contribution in [0.5, 0.6) is 0 Å². The number of nitrogens with zero attached hydrogens (tertiary/aromatic N) is 1. The molecule has 0 spiro atoms. The normalized spacial score (nSPS) is 37.4. The van der Waals surface area contributed by atoms with Crippen molar-refractivity contribution in [1.82, 2.24) is 4.90 Å². The maximum absolute atomic E-state index is 9.60. The molecule has 4 atom stereocenters. The van der Waals surface area contributed by atoms with E-state index in [0.29, 0.717) is 13.0 Å². The molecule has 0 aliphatic carbocycles. The smallest absolute Gasteiger partial charge is 0.0992 e. The molecule has 1 unspecified atom stereocenters. The van der Waals surface area contributed by atoms with Crippen LogP contribution in [0.1, 0.15) is 6.42 Å². The Morgan fingerprint density at radius 2 is 1.33 bits per heavy atom. The highest BCUT2D eigenvalue weighted by atomic mass is 16.3. The summed E-state index contributed by atoms with van der Waals surface area (Å²) in [5.74, 6) is 0. The van der Waals surface area contributed by atoms with Crippen LogP contribution in [0.15, 0.2) is 0 Å². The van der Waals surface area contributed by atoms with E-state index in [1.54, 1.807) is 4.90 Å². The topological polar surface area (TPSA) is 104 Å². The van der Waals surface area contributed by atoms with Gasteiger partial charge in [-0.2, -0.15) is 0 Å². The van der Waals surface area contributed by atoms with Gasteiger partial charge in [0.05, 0.1) is 37.5 Å². The summed E-state index contributed by atoms with van der Waals surface area (Å²) in [6.07, 6.45) is -1.62. The van der Waals surface area contributed by atoms with Crippen LogP contribution in [0.4, 0.5) is 0 Å². The first-order valence-electron chi connectivity index (χ1n) is 5.11. The predicted octanol–water partition coefficient (Wildman–Crippen LogP) is -2.87. The van der Waals surface area contributed by atoms with Crippen molar-refractivity contribution in [2.45, 2.75) is 30.7 Å². The molecule has 0 aromatic carbocycles. The van der Waals surface area contributed by atoms with E-state index in [2.05, 4.69) is 0 Å². The molecule has 6 nitrogen and oxygen atoms in total. The Morgan fingerprint density at radius 3 is 1.67 bits per heavy atom. The fourth-order valence-electron chi connectivity index (χ4n) is 2.10. The van der Waals surface area contributed by atoms with Crippen LogP contribution in [0.3, 0.4) is 0 Å². The van der Waals surface area contributed by atoms with E-state index in [4.69, 9.17) is 15.3 Å². The zero-order valence-electron chi connectivity index (χ0n) is 8.53. The number of aliphatic hydroxyl groups is 5. The zero-order valence-corrected chi connectivity index (χ0v) is 8.53. The lowest BCUT2D eigenvalue weighted by Crippen LogP contribution is -2.43. The fourth-order valence-corrected chi connectivity index (χ4v) is 2.10. The summed E-state index contributed by atoms with van der Waals surface area (Å²) < 4.78 is 0. The summed E-state index contributed by atoms with van der Waals surface area (Å²) in [6.45, 7) is -0.125. The van der Waals surface area contributed by atoms with E-state index < -0.39 is 24.3 Å². The van der Waals surface area contributed by atoms with E-state index in [9.17, 15) is 10.2 Å². The van der Waals surface area contributed by atoms with Gasteiger partial charge in [-0.15, -0.1) is 0 Å². The molecule has 1 aliphatic rings. The molecule has 1 aliphatic heterocycles. The number of aliphatic hydroxyl groups excluding tert-OH is 5. The maximum Gasteiger partial charge on any atom is 0.0992 e. The monoisotopic (exact) mass is 221 g/mol. The second-order valence-corrected chi connectivity index (χ2v) is 3.80. The van der Waals surface area contributed by atoms with Crippen molar-refractivity contribution in [3.05, 3.63) is 0 Å². The van der Waals surface area contributed by atoms with Crippen molar-refractivity contribution in [3.8, 4) is 0 Å². The highest BCUT2D eigenvalue weighted by Gasteiger charge is 2.46. The van der Waals surface area contributed by atoms with Crippen LogP contribution in [0.2, 0.25) is 0 Å². The number of rotatable bonds is 5. The minimum absolute atomic E-state index is 0.00100. The summed E-state index contributed by atoms with van der Waals surface area (Å²) in [5, 5.41) is 46.1. The van der Waals surface area contributed by atoms with Crippen LogP contribution < -0.4 is 0 Å². The second-order valence-electron chi connectivity index (χ2n) is 3.80. The first-order valence-corrected chi connectivity index (χ1v) is 5.11. The second kappa shape index (κ2) is 5.74. The van der Waals surface area contributed by atoms with Gasteiger partial charge < -0.3 is 25.5 Å². The summed E-state index contributed by atoms with van der Waals surface area (Å²) in [4.78, 5) is 1.64. The maximum atomic E-state index is 9.60. The third kappa shape index (κ3) is 2.47. The molecule has 1 heterocycles. The van der Waals surface area contributed by atoms with Gasteiger partial charge in [0.1, 0.15) is 0 Å². The standard InChI is InChI=1S/C9H19NO5/c11-3-1-2-10-6(4-12)8(14)9(15)7(10)5-13/h6-9,11-15H,1-5H2/t6-,7?,8-,9-/m1/s1. The molecule has 90 valence electrons. The highest BCUT2D eigenvalue weighted by molar-refractivity contribution is 5.00. The van der Waals surface area contributed by atoms with Crippen LogP contribution >= 0.6 is 0 Å². The highest BCUT2D eigenvalue weighted by Crippen LogP contribution is 2.24. The molecule has 1 saturated heterocycles. The Hall–Kier alpha value is -0.240. The van der Waals surface area contributed by atoms with E-state index in [1.807, 2.05) is 0 Å². The summed E-state index contributed by atoms with van der Waals surface area (Å²) in [7, 11) is 0. The minimum atomic E-state index is -1.05. The Labute approximate surface area is 88.4 Å². The number of hydrogen-bond acceptors (Lipinski definition) is 6. The summed E-state index contributed by atoms with van der Waals surface area (Å²) in [5.41, 5.74) is 0. The number of hydrogen-bond donors (Lipinski definition) is 5. The van der Waals surface area contributed by atoms with Crippen molar-refractivity contribution in [1.29, 1.82) is 0 Å². The van der Waals surface area contributed by atoms with Gasteiger partial charge in [0.15, 0.2) is 0 Å². The largest absolute Gasteiger partial charge is 0.396 e. The molecule has 0 aromatic heterocycles. The van der Waals surface area contributed by atoms with Gasteiger partial charge in [-0.3, -0.25) is 4.90 Å². The molecule has 0 bridgehead atoms. The van der Waals surface area contributed by atoms with Crippen LogP contribution in [0.25, 0.3) is 0 Å². The van der Waals surface area contributed by atoms with Gasteiger partial charge in [-0.05, 0) is 6.42 Å². The predicted molar refractivity (Wildman–Crippen MR) is 52.2 cm³/mol. The SMILES string of the molecule is OCCCN1C(CO)[C@@H](O)[C@H](O)[C@H]1CO. The molecule has 0 radical (unpaired) electrons. The van der Waals surface area contributed by atoms with Gasteiger partial charge in [0.2, 0.25) is 0 Å². The van der Waals surface area contributed by atoms with Crippen molar-refractivity contribution in [2.75, 3.05) is 26.4 Å². The van der Waals surface area contributed by atoms with E-state index in [-0.39, 0.29) is 19.8 Å². The van der Waals surface area contributed by atoms with E-state index >= 15 is 0 Å². The number of likely N-dealkylation sites (tertiary alicyclic amines) is 1. The lowest BCUT2D eigenvalue weighted by Gasteiger charge is -2.27. The molecule has 0 saturated carbocycles. The van der Waals surface area contributed by atoms with E-state index in [0.717, 1.165) is 0 Å². The van der Waals surface area contributed by atoms with Crippen molar-refractivity contribution < 1.29 is 25.5 Å². The molecule has 1 fully saturated rings. The van der Waals surface area contributed by atoms with Crippen LogP contribution in [0, 0.1) is 0 Å². The van der Waals surface area contributed by atoms with Crippen molar-refractivity contribution >= 4 is 0 Å².